The molecule has 0 fully saturated rings. The Morgan fingerprint density at radius 3 is 2.58 bits per heavy atom. The first-order valence-electron chi connectivity index (χ1n) is 5.47. The predicted molar refractivity (Wildman–Crippen MR) is 67.5 cm³/mol. The highest BCUT2D eigenvalue weighted by Gasteiger charge is 2.13. The normalized spacial score (nSPS) is 9.79. The summed E-state index contributed by atoms with van der Waals surface area (Å²) in [6, 6.07) is 8.32. The molecule has 1 aromatic carbocycles. The zero-order valence-electron chi connectivity index (χ0n) is 10.5. The van der Waals surface area contributed by atoms with Gasteiger partial charge in [0.25, 0.3) is 0 Å². The van der Waals surface area contributed by atoms with Gasteiger partial charge in [-0.05, 0) is 18.2 Å². The Labute approximate surface area is 110 Å². The van der Waals surface area contributed by atoms with E-state index in [4.69, 9.17) is 14.7 Å². The standard InChI is InChI=1S/C14H11FN2O2/c1-18-10-4-3-9(7-16)11(5-10)12-6-14(19-2)17-8-13(12)15/h3-6,8H,1-2H3. The molecule has 19 heavy (non-hydrogen) atoms. The molecule has 0 aliphatic heterocycles. The summed E-state index contributed by atoms with van der Waals surface area (Å²) in [6.07, 6.45) is 1.06. The quantitative estimate of drug-likeness (QED) is 0.849. The number of rotatable bonds is 3. The summed E-state index contributed by atoms with van der Waals surface area (Å²) in [7, 11) is 2.95. The zero-order valence-corrected chi connectivity index (χ0v) is 10.5. The van der Waals surface area contributed by atoms with Crippen LogP contribution in [0, 0.1) is 17.1 Å². The Kier molecular flexibility index (Phi) is 3.62. The van der Waals surface area contributed by atoms with E-state index in [-0.39, 0.29) is 11.4 Å². The Hall–Kier alpha value is -2.61. The third-order valence-corrected chi connectivity index (χ3v) is 2.68. The number of halogens is 1. The van der Waals surface area contributed by atoms with E-state index in [1.165, 1.54) is 20.3 Å². The van der Waals surface area contributed by atoms with Crippen LogP contribution < -0.4 is 9.47 Å². The van der Waals surface area contributed by atoms with E-state index < -0.39 is 5.82 Å². The number of hydrogen-bond donors (Lipinski definition) is 0. The zero-order chi connectivity index (χ0) is 13.8. The highest BCUT2D eigenvalue weighted by molar-refractivity contribution is 5.73. The van der Waals surface area contributed by atoms with Crippen molar-refractivity contribution in [3.05, 3.63) is 41.8 Å². The molecule has 0 aliphatic rings. The van der Waals surface area contributed by atoms with Crippen LogP contribution in [0.1, 0.15) is 5.56 Å². The number of ether oxygens (including phenoxy) is 2. The van der Waals surface area contributed by atoms with Crippen LogP contribution in [-0.2, 0) is 0 Å². The molecule has 1 aromatic heterocycles. The van der Waals surface area contributed by atoms with Gasteiger partial charge in [0, 0.05) is 17.2 Å². The number of methoxy groups -OCH3 is 2. The molecule has 0 aliphatic carbocycles. The molecule has 1 heterocycles. The monoisotopic (exact) mass is 258 g/mol. The average Bonchev–Trinajstić information content (AvgIpc) is 2.47. The molecular formula is C14H11FN2O2. The molecule has 4 nitrogen and oxygen atoms in total. The molecule has 0 amide bonds. The van der Waals surface area contributed by atoms with Gasteiger partial charge in [0.2, 0.25) is 5.88 Å². The Morgan fingerprint density at radius 1 is 1.16 bits per heavy atom. The van der Waals surface area contributed by atoms with Crippen molar-refractivity contribution in [3.8, 4) is 28.8 Å². The van der Waals surface area contributed by atoms with E-state index >= 15 is 0 Å². The molecule has 0 saturated carbocycles. The summed E-state index contributed by atoms with van der Waals surface area (Å²) in [6.45, 7) is 0. The van der Waals surface area contributed by atoms with E-state index in [1.54, 1.807) is 18.2 Å². The maximum absolute atomic E-state index is 13.9. The van der Waals surface area contributed by atoms with Crippen molar-refractivity contribution < 1.29 is 13.9 Å². The fraction of sp³-hybridized carbons (Fsp3) is 0.143. The van der Waals surface area contributed by atoms with Crippen LogP contribution in [0.4, 0.5) is 4.39 Å². The van der Waals surface area contributed by atoms with E-state index in [0.717, 1.165) is 6.20 Å². The van der Waals surface area contributed by atoms with Gasteiger partial charge in [0.15, 0.2) is 0 Å². The fourth-order valence-corrected chi connectivity index (χ4v) is 1.71. The third kappa shape index (κ3) is 2.47. The van der Waals surface area contributed by atoms with Crippen LogP contribution in [0.2, 0.25) is 0 Å². The molecule has 2 rings (SSSR count). The van der Waals surface area contributed by atoms with Crippen molar-refractivity contribution >= 4 is 0 Å². The van der Waals surface area contributed by atoms with Gasteiger partial charge in [-0.2, -0.15) is 5.26 Å². The molecule has 0 N–H and O–H groups in total. The van der Waals surface area contributed by atoms with Crippen LogP contribution in [0.3, 0.4) is 0 Å². The number of aromatic nitrogens is 1. The van der Waals surface area contributed by atoms with E-state index in [2.05, 4.69) is 4.98 Å². The first-order valence-corrected chi connectivity index (χ1v) is 5.47. The molecule has 0 radical (unpaired) electrons. The lowest BCUT2D eigenvalue weighted by Gasteiger charge is -2.09. The summed E-state index contributed by atoms with van der Waals surface area (Å²) in [5, 5.41) is 9.10. The van der Waals surface area contributed by atoms with Crippen LogP contribution in [0.15, 0.2) is 30.5 Å². The maximum Gasteiger partial charge on any atom is 0.213 e. The average molecular weight is 258 g/mol. The minimum Gasteiger partial charge on any atom is -0.497 e. The van der Waals surface area contributed by atoms with Gasteiger partial charge in [-0.1, -0.05) is 0 Å². The van der Waals surface area contributed by atoms with Gasteiger partial charge in [0.1, 0.15) is 11.6 Å². The lowest BCUT2D eigenvalue weighted by Crippen LogP contribution is -1.94. The summed E-state index contributed by atoms with van der Waals surface area (Å²) in [4.78, 5) is 3.77. The van der Waals surface area contributed by atoms with Gasteiger partial charge in [-0.25, -0.2) is 9.37 Å². The van der Waals surface area contributed by atoms with Gasteiger partial charge in [-0.15, -0.1) is 0 Å². The Morgan fingerprint density at radius 2 is 1.95 bits per heavy atom. The number of nitrogens with zero attached hydrogens (tertiary/aromatic N) is 2. The minimum atomic E-state index is -0.523. The van der Waals surface area contributed by atoms with E-state index in [0.29, 0.717) is 16.9 Å². The highest BCUT2D eigenvalue weighted by Crippen LogP contribution is 2.31. The van der Waals surface area contributed by atoms with Crippen LogP contribution in [0.25, 0.3) is 11.1 Å². The molecule has 0 bridgehead atoms. The van der Waals surface area contributed by atoms with Gasteiger partial charge in [-0.3, -0.25) is 0 Å². The van der Waals surface area contributed by atoms with Gasteiger partial charge >= 0.3 is 0 Å². The highest BCUT2D eigenvalue weighted by atomic mass is 19.1. The van der Waals surface area contributed by atoms with Crippen molar-refractivity contribution in [3.63, 3.8) is 0 Å². The third-order valence-electron chi connectivity index (χ3n) is 2.68. The predicted octanol–water partition coefficient (Wildman–Crippen LogP) is 2.78. The summed E-state index contributed by atoms with van der Waals surface area (Å²) in [5.41, 5.74) is 1.05. The van der Waals surface area contributed by atoms with Crippen molar-refractivity contribution in [2.75, 3.05) is 14.2 Å². The second-order valence-corrected chi connectivity index (χ2v) is 3.73. The Balaban J connectivity index is 2.66. The second-order valence-electron chi connectivity index (χ2n) is 3.73. The van der Waals surface area contributed by atoms with Crippen molar-refractivity contribution in [1.29, 1.82) is 5.26 Å². The van der Waals surface area contributed by atoms with Crippen molar-refractivity contribution in [1.82, 2.24) is 4.98 Å². The molecule has 96 valence electrons. The molecule has 5 heteroatoms. The van der Waals surface area contributed by atoms with Crippen molar-refractivity contribution in [2.45, 2.75) is 0 Å². The number of hydrogen-bond acceptors (Lipinski definition) is 4. The molecule has 2 aromatic rings. The fourth-order valence-electron chi connectivity index (χ4n) is 1.71. The number of nitriles is 1. The summed E-state index contributed by atoms with van der Waals surface area (Å²) in [5.74, 6) is 0.304. The smallest absolute Gasteiger partial charge is 0.213 e. The SMILES string of the molecule is COc1ccc(C#N)c(-c2cc(OC)ncc2F)c1. The van der Waals surface area contributed by atoms with Gasteiger partial charge in [0.05, 0.1) is 32.0 Å². The topological polar surface area (TPSA) is 55.1 Å². The summed E-state index contributed by atoms with van der Waals surface area (Å²) >= 11 is 0. The van der Waals surface area contributed by atoms with Gasteiger partial charge < -0.3 is 9.47 Å². The van der Waals surface area contributed by atoms with Crippen LogP contribution >= 0.6 is 0 Å². The molecular weight excluding hydrogens is 247 g/mol. The van der Waals surface area contributed by atoms with E-state index in [1.807, 2.05) is 6.07 Å². The second kappa shape index (κ2) is 5.36. The lowest BCUT2D eigenvalue weighted by molar-refractivity contribution is 0.396. The maximum atomic E-state index is 13.9. The first-order chi connectivity index (χ1) is 9.19. The summed E-state index contributed by atoms with van der Waals surface area (Å²) < 4.78 is 23.9. The number of pyridine rings is 1. The number of benzene rings is 1. The lowest BCUT2D eigenvalue weighted by atomic mass is 10.0. The Bertz CT molecular complexity index is 650. The molecule has 0 saturated heterocycles. The van der Waals surface area contributed by atoms with Crippen molar-refractivity contribution in [2.24, 2.45) is 0 Å². The molecule has 0 atom stereocenters. The van der Waals surface area contributed by atoms with Crippen LogP contribution in [-0.4, -0.2) is 19.2 Å². The molecule has 0 unspecified atom stereocenters. The van der Waals surface area contributed by atoms with E-state index in [9.17, 15) is 4.39 Å². The minimum absolute atomic E-state index is 0.252. The van der Waals surface area contributed by atoms with Crippen LogP contribution in [0.5, 0.6) is 11.6 Å². The largest absolute Gasteiger partial charge is 0.497 e. The molecule has 0 spiro atoms. The first kappa shape index (κ1) is 12.8.